The van der Waals surface area contributed by atoms with Crippen LogP contribution in [0, 0.1) is 0 Å². The third kappa shape index (κ3) is 5.16. The zero-order chi connectivity index (χ0) is 20.1. The number of amides is 2. The van der Waals surface area contributed by atoms with E-state index < -0.39 is 0 Å². The van der Waals surface area contributed by atoms with Crippen LogP contribution in [0.4, 0.5) is 4.79 Å². The molecule has 2 aromatic carbocycles. The molecule has 0 bridgehead atoms. The highest BCUT2D eigenvalue weighted by molar-refractivity contribution is 6.30. The third-order valence-corrected chi connectivity index (χ3v) is 5.36. The van der Waals surface area contributed by atoms with Crippen LogP contribution in [0.15, 0.2) is 60.9 Å². The average molecular weight is 410 g/mol. The molecule has 0 spiro atoms. The number of rotatable bonds is 6. The van der Waals surface area contributed by atoms with Gasteiger partial charge in [0.05, 0.1) is 11.9 Å². The van der Waals surface area contributed by atoms with Crippen molar-refractivity contribution in [3.05, 3.63) is 82.6 Å². The number of carbonyl (C=O) groups excluding carboxylic acids is 1. The van der Waals surface area contributed by atoms with Crippen LogP contribution in [0.5, 0.6) is 0 Å². The molecule has 0 saturated carbocycles. The van der Waals surface area contributed by atoms with Crippen LogP contribution in [-0.4, -0.2) is 40.3 Å². The van der Waals surface area contributed by atoms with Gasteiger partial charge in [0.2, 0.25) is 0 Å². The fraction of sp³-hybridized carbons (Fsp3) is 0.273. The molecule has 0 aliphatic carbocycles. The second-order valence-corrected chi connectivity index (χ2v) is 7.61. The maximum absolute atomic E-state index is 12.1. The maximum atomic E-state index is 12.1. The molecule has 150 valence electrons. The lowest BCUT2D eigenvalue weighted by molar-refractivity contribution is 0.230. The molecule has 0 saturated heterocycles. The number of halogens is 1. The Bertz CT molecular complexity index is 969. The molecule has 0 atom stereocenters. The summed E-state index contributed by atoms with van der Waals surface area (Å²) in [5.74, 6) is 0. The maximum Gasteiger partial charge on any atom is 0.315 e. The summed E-state index contributed by atoms with van der Waals surface area (Å²) in [6.07, 6.45) is 4.72. The lowest BCUT2D eigenvalue weighted by Gasteiger charge is -2.28. The number of carbonyl (C=O) groups is 1. The van der Waals surface area contributed by atoms with E-state index in [1.807, 2.05) is 30.5 Å². The molecule has 2 heterocycles. The van der Waals surface area contributed by atoms with Crippen molar-refractivity contribution in [1.82, 2.24) is 25.3 Å². The largest absolute Gasteiger partial charge is 0.337 e. The van der Waals surface area contributed by atoms with Gasteiger partial charge < -0.3 is 10.6 Å². The van der Waals surface area contributed by atoms with Crippen LogP contribution in [0.1, 0.15) is 16.7 Å². The van der Waals surface area contributed by atoms with Gasteiger partial charge in [-0.1, -0.05) is 35.9 Å². The van der Waals surface area contributed by atoms with E-state index in [-0.39, 0.29) is 6.03 Å². The van der Waals surface area contributed by atoms with Gasteiger partial charge in [0.1, 0.15) is 0 Å². The normalized spacial score (nSPS) is 13.7. The van der Waals surface area contributed by atoms with Crippen molar-refractivity contribution in [2.45, 2.75) is 19.5 Å². The standard InChI is InChI=1S/C22H24ClN5O/c23-20-5-7-21(8-6-20)28-15-17(14-26-28)13-25-22(29)24-10-12-27-11-9-18-3-1-2-4-19(18)16-27/h1-8,14-15H,9-13,16H2,(H2,24,25,29). The molecule has 2 amide bonds. The molecule has 1 aromatic heterocycles. The SMILES string of the molecule is O=C(NCCN1CCc2ccccc2C1)NCc1cnn(-c2ccc(Cl)cc2)c1. The molecule has 7 heteroatoms. The van der Waals surface area contributed by atoms with E-state index in [9.17, 15) is 4.79 Å². The van der Waals surface area contributed by atoms with Gasteiger partial charge in [0.25, 0.3) is 0 Å². The Morgan fingerprint density at radius 2 is 1.86 bits per heavy atom. The highest BCUT2D eigenvalue weighted by atomic mass is 35.5. The van der Waals surface area contributed by atoms with Crippen molar-refractivity contribution in [2.75, 3.05) is 19.6 Å². The van der Waals surface area contributed by atoms with E-state index in [4.69, 9.17) is 11.6 Å². The molecule has 2 N–H and O–H groups in total. The van der Waals surface area contributed by atoms with Crippen LogP contribution < -0.4 is 10.6 Å². The lowest BCUT2D eigenvalue weighted by atomic mass is 10.00. The van der Waals surface area contributed by atoms with Gasteiger partial charge in [-0.25, -0.2) is 9.48 Å². The van der Waals surface area contributed by atoms with Gasteiger partial charge in [-0.05, 0) is 41.8 Å². The van der Waals surface area contributed by atoms with Gasteiger partial charge in [-0.3, -0.25) is 4.90 Å². The monoisotopic (exact) mass is 409 g/mol. The summed E-state index contributed by atoms with van der Waals surface area (Å²) in [6.45, 7) is 3.87. The minimum absolute atomic E-state index is 0.165. The summed E-state index contributed by atoms with van der Waals surface area (Å²) in [4.78, 5) is 14.5. The van der Waals surface area contributed by atoms with Crippen LogP contribution in [0.3, 0.4) is 0 Å². The van der Waals surface area contributed by atoms with Gasteiger partial charge in [0, 0.05) is 49.5 Å². The predicted octanol–water partition coefficient (Wildman–Crippen LogP) is 3.38. The Labute approximate surface area is 175 Å². The van der Waals surface area contributed by atoms with Gasteiger partial charge >= 0.3 is 6.03 Å². The number of hydrogen-bond donors (Lipinski definition) is 2. The van der Waals surface area contributed by atoms with E-state index in [0.717, 1.165) is 37.3 Å². The molecule has 29 heavy (non-hydrogen) atoms. The van der Waals surface area contributed by atoms with Crippen molar-refractivity contribution in [1.29, 1.82) is 0 Å². The van der Waals surface area contributed by atoms with Crippen molar-refractivity contribution in [3.63, 3.8) is 0 Å². The fourth-order valence-corrected chi connectivity index (χ4v) is 3.63. The average Bonchev–Trinajstić information content (AvgIpc) is 3.22. The first-order valence-electron chi connectivity index (χ1n) is 9.78. The minimum atomic E-state index is -0.165. The van der Waals surface area contributed by atoms with Gasteiger partial charge in [0.15, 0.2) is 0 Å². The highest BCUT2D eigenvalue weighted by Crippen LogP contribution is 2.17. The number of benzene rings is 2. The van der Waals surface area contributed by atoms with Crippen LogP contribution in [0.2, 0.25) is 5.02 Å². The van der Waals surface area contributed by atoms with E-state index in [1.165, 1.54) is 11.1 Å². The smallest absolute Gasteiger partial charge is 0.315 e. The summed E-state index contributed by atoms with van der Waals surface area (Å²) in [5.41, 5.74) is 4.69. The van der Waals surface area contributed by atoms with E-state index in [2.05, 4.69) is 44.9 Å². The Balaban J connectivity index is 1.19. The summed E-state index contributed by atoms with van der Waals surface area (Å²) in [7, 11) is 0. The fourth-order valence-electron chi connectivity index (χ4n) is 3.50. The van der Waals surface area contributed by atoms with Crippen LogP contribution in [0.25, 0.3) is 5.69 Å². The van der Waals surface area contributed by atoms with Crippen molar-refractivity contribution < 1.29 is 4.79 Å². The summed E-state index contributed by atoms with van der Waals surface area (Å²) >= 11 is 5.92. The predicted molar refractivity (Wildman–Crippen MR) is 114 cm³/mol. The lowest BCUT2D eigenvalue weighted by Crippen LogP contribution is -2.41. The number of aromatic nitrogens is 2. The summed E-state index contributed by atoms with van der Waals surface area (Å²) < 4.78 is 1.76. The first kappa shape index (κ1) is 19.5. The second-order valence-electron chi connectivity index (χ2n) is 7.17. The topological polar surface area (TPSA) is 62.2 Å². The minimum Gasteiger partial charge on any atom is -0.337 e. The molecular formula is C22H24ClN5O. The Morgan fingerprint density at radius 3 is 2.69 bits per heavy atom. The number of nitrogens with one attached hydrogen (secondary N) is 2. The van der Waals surface area contributed by atoms with Crippen molar-refractivity contribution >= 4 is 17.6 Å². The third-order valence-electron chi connectivity index (χ3n) is 5.10. The molecule has 4 rings (SSSR count). The number of nitrogens with zero attached hydrogens (tertiary/aromatic N) is 3. The Kier molecular flexibility index (Phi) is 6.12. The molecule has 6 nitrogen and oxygen atoms in total. The van der Waals surface area contributed by atoms with Gasteiger partial charge in [-0.15, -0.1) is 0 Å². The highest BCUT2D eigenvalue weighted by Gasteiger charge is 2.15. The van der Waals surface area contributed by atoms with Crippen LogP contribution in [-0.2, 0) is 19.5 Å². The molecule has 3 aromatic rings. The van der Waals surface area contributed by atoms with Gasteiger partial charge in [-0.2, -0.15) is 5.10 Å². The van der Waals surface area contributed by atoms with E-state index >= 15 is 0 Å². The molecule has 1 aliphatic rings. The first-order valence-corrected chi connectivity index (χ1v) is 10.2. The molecule has 1 aliphatic heterocycles. The van der Waals surface area contributed by atoms with E-state index in [1.54, 1.807) is 10.9 Å². The van der Waals surface area contributed by atoms with Crippen LogP contribution >= 0.6 is 11.6 Å². The first-order chi connectivity index (χ1) is 14.2. The number of hydrogen-bond acceptors (Lipinski definition) is 3. The second kappa shape index (κ2) is 9.11. The van der Waals surface area contributed by atoms with E-state index in [0.29, 0.717) is 18.1 Å². The molecular weight excluding hydrogens is 386 g/mol. The summed E-state index contributed by atoms with van der Waals surface area (Å²) in [5, 5.41) is 10.8. The zero-order valence-corrected chi connectivity index (χ0v) is 16.9. The zero-order valence-electron chi connectivity index (χ0n) is 16.1. The van der Waals surface area contributed by atoms with Crippen molar-refractivity contribution in [3.8, 4) is 5.69 Å². The number of urea groups is 1. The summed E-state index contributed by atoms with van der Waals surface area (Å²) in [6, 6.07) is 15.9. The molecule has 0 radical (unpaired) electrons. The molecule has 0 unspecified atom stereocenters. The Hall–Kier alpha value is -2.83. The quantitative estimate of drug-likeness (QED) is 0.656. The number of fused-ring (bicyclic) bond motifs is 1. The molecule has 0 fully saturated rings. The Morgan fingerprint density at radius 1 is 1.07 bits per heavy atom. The van der Waals surface area contributed by atoms with Crippen molar-refractivity contribution in [2.24, 2.45) is 0 Å².